The topological polar surface area (TPSA) is 77.8 Å². The summed E-state index contributed by atoms with van der Waals surface area (Å²) in [7, 11) is -3.83. The van der Waals surface area contributed by atoms with Gasteiger partial charge in [0.2, 0.25) is 0 Å². The van der Waals surface area contributed by atoms with Crippen molar-refractivity contribution in [2.24, 2.45) is 0 Å². The Hall–Kier alpha value is -2.31. The van der Waals surface area contributed by atoms with E-state index in [2.05, 4.69) is 0 Å². The summed E-state index contributed by atoms with van der Waals surface area (Å²) >= 11 is 0. The molecule has 0 bridgehead atoms. The van der Waals surface area contributed by atoms with Crippen molar-refractivity contribution in [3.8, 4) is 5.75 Å². The number of aromatic hydroxyl groups is 1. The van der Waals surface area contributed by atoms with E-state index >= 15 is 0 Å². The van der Waals surface area contributed by atoms with Crippen molar-refractivity contribution in [3.63, 3.8) is 0 Å². The monoisotopic (exact) mass is 333 g/mol. The Kier molecular flexibility index (Phi) is 5.41. The van der Waals surface area contributed by atoms with Gasteiger partial charge in [0, 0.05) is 0 Å². The molecule has 0 saturated carbocycles. The Balaban J connectivity index is 2.50. The summed E-state index contributed by atoms with van der Waals surface area (Å²) in [5, 5.41) is 18.9. The van der Waals surface area contributed by atoms with E-state index in [0.29, 0.717) is 0 Å². The molecule has 2 aromatic rings. The van der Waals surface area contributed by atoms with Crippen molar-refractivity contribution in [2.45, 2.75) is 11.8 Å². The van der Waals surface area contributed by atoms with Crippen LogP contribution < -0.4 is 4.31 Å². The Morgan fingerprint density at radius 1 is 1.04 bits per heavy atom. The summed E-state index contributed by atoms with van der Waals surface area (Å²) < 4.78 is 26.9. The average molecular weight is 333 g/mol. The second-order valence-electron chi connectivity index (χ2n) is 4.99. The molecule has 5 nitrogen and oxygen atoms in total. The van der Waals surface area contributed by atoms with Gasteiger partial charge in [-0.25, -0.2) is 8.42 Å². The SMILES string of the molecule is Cc1ccc(S(=O)(=O)N(C/C=C/CO)c2ccccc2O)cc1. The molecule has 2 N–H and O–H groups in total. The highest BCUT2D eigenvalue weighted by Crippen LogP contribution is 2.31. The summed E-state index contributed by atoms with van der Waals surface area (Å²) in [6, 6.07) is 12.8. The lowest BCUT2D eigenvalue weighted by molar-refractivity contribution is 0.342. The van der Waals surface area contributed by atoms with E-state index < -0.39 is 10.0 Å². The number of aliphatic hydroxyl groups excluding tert-OH is 1. The number of para-hydroxylation sites is 2. The number of hydrogen-bond acceptors (Lipinski definition) is 4. The van der Waals surface area contributed by atoms with Gasteiger partial charge in [-0.1, -0.05) is 42.0 Å². The summed E-state index contributed by atoms with van der Waals surface area (Å²) in [6.07, 6.45) is 3.00. The third-order valence-corrected chi connectivity index (χ3v) is 5.10. The second kappa shape index (κ2) is 7.30. The molecule has 0 radical (unpaired) electrons. The van der Waals surface area contributed by atoms with Gasteiger partial charge >= 0.3 is 0 Å². The smallest absolute Gasteiger partial charge is 0.264 e. The summed E-state index contributed by atoms with van der Waals surface area (Å²) in [4.78, 5) is 0.142. The molecule has 0 aliphatic heterocycles. The number of anilines is 1. The minimum Gasteiger partial charge on any atom is -0.506 e. The zero-order valence-electron chi connectivity index (χ0n) is 12.8. The Morgan fingerprint density at radius 3 is 2.30 bits per heavy atom. The normalized spacial score (nSPS) is 11.7. The van der Waals surface area contributed by atoms with Gasteiger partial charge in [-0.2, -0.15) is 0 Å². The molecule has 2 rings (SSSR count). The maximum absolute atomic E-state index is 12.9. The number of benzene rings is 2. The lowest BCUT2D eigenvalue weighted by atomic mass is 10.2. The number of rotatable bonds is 6. The van der Waals surface area contributed by atoms with Crippen molar-refractivity contribution in [1.82, 2.24) is 0 Å². The number of nitrogens with zero attached hydrogens (tertiary/aromatic N) is 1. The van der Waals surface area contributed by atoms with Gasteiger partial charge in [0.05, 0.1) is 23.7 Å². The highest BCUT2D eigenvalue weighted by atomic mass is 32.2. The number of phenols is 1. The minimum absolute atomic E-state index is 0.00828. The van der Waals surface area contributed by atoms with Crippen LogP contribution in [0.5, 0.6) is 5.75 Å². The largest absolute Gasteiger partial charge is 0.506 e. The van der Waals surface area contributed by atoms with Crippen LogP contribution in [0.25, 0.3) is 0 Å². The second-order valence-corrected chi connectivity index (χ2v) is 6.85. The molecule has 23 heavy (non-hydrogen) atoms. The number of aryl methyl sites for hydroxylation is 1. The predicted octanol–water partition coefficient (Wildman–Crippen LogP) is 2.44. The van der Waals surface area contributed by atoms with Gasteiger partial charge in [0.25, 0.3) is 10.0 Å². The van der Waals surface area contributed by atoms with Gasteiger partial charge in [0.15, 0.2) is 0 Å². The predicted molar refractivity (Wildman–Crippen MR) is 90.0 cm³/mol. The van der Waals surface area contributed by atoms with Gasteiger partial charge in [-0.05, 0) is 31.2 Å². The third-order valence-electron chi connectivity index (χ3n) is 3.30. The van der Waals surface area contributed by atoms with Crippen molar-refractivity contribution in [3.05, 3.63) is 66.2 Å². The van der Waals surface area contributed by atoms with Gasteiger partial charge < -0.3 is 10.2 Å². The summed E-state index contributed by atoms with van der Waals surface area (Å²) in [5.74, 6) is -0.124. The third kappa shape index (κ3) is 3.91. The Morgan fingerprint density at radius 2 is 1.70 bits per heavy atom. The van der Waals surface area contributed by atoms with Crippen LogP contribution in [-0.4, -0.2) is 31.8 Å². The van der Waals surface area contributed by atoms with Crippen LogP contribution in [0.3, 0.4) is 0 Å². The van der Waals surface area contributed by atoms with Crippen LogP contribution in [0.15, 0.2) is 65.6 Å². The zero-order valence-corrected chi connectivity index (χ0v) is 13.6. The van der Waals surface area contributed by atoms with Crippen LogP contribution in [0.2, 0.25) is 0 Å². The fraction of sp³-hybridized carbons (Fsp3) is 0.176. The molecule has 2 aromatic carbocycles. The maximum Gasteiger partial charge on any atom is 0.264 e. The Labute approximate surface area is 136 Å². The molecule has 122 valence electrons. The van der Waals surface area contributed by atoms with Crippen LogP contribution in [0.1, 0.15) is 5.56 Å². The number of phenolic OH excluding ortho intramolecular Hbond substituents is 1. The lowest BCUT2D eigenvalue weighted by Crippen LogP contribution is -2.31. The molecule has 0 unspecified atom stereocenters. The first-order valence-electron chi connectivity index (χ1n) is 7.10. The first-order valence-corrected chi connectivity index (χ1v) is 8.54. The van der Waals surface area contributed by atoms with Gasteiger partial charge in [-0.3, -0.25) is 4.31 Å². The van der Waals surface area contributed by atoms with Crippen molar-refractivity contribution in [2.75, 3.05) is 17.5 Å². The lowest BCUT2D eigenvalue weighted by Gasteiger charge is -2.24. The number of aliphatic hydroxyl groups is 1. The van der Waals surface area contributed by atoms with E-state index in [9.17, 15) is 13.5 Å². The standard InChI is InChI=1S/C17H19NO4S/c1-14-8-10-15(11-9-14)23(21,22)18(12-4-5-13-19)16-6-2-3-7-17(16)20/h2-11,19-20H,12-13H2,1H3/b5-4+. The molecular weight excluding hydrogens is 314 g/mol. The molecule has 0 heterocycles. The van der Waals surface area contributed by atoms with Crippen LogP contribution in [0.4, 0.5) is 5.69 Å². The highest BCUT2D eigenvalue weighted by Gasteiger charge is 2.25. The molecule has 0 amide bonds. The molecule has 0 aromatic heterocycles. The number of sulfonamides is 1. The molecule has 0 fully saturated rings. The van der Waals surface area contributed by atoms with E-state index in [1.807, 2.05) is 6.92 Å². The molecular formula is C17H19NO4S. The van der Waals surface area contributed by atoms with Crippen LogP contribution in [0, 0.1) is 6.92 Å². The van der Waals surface area contributed by atoms with E-state index in [1.165, 1.54) is 36.4 Å². The quantitative estimate of drug-likeness (QED) is 0.796. The number of hydrogen-bond donors (Lipinski definition) is 2. The van der Waals surface area contributed by atoms with Gasteiger partial charge in [-0.15, -0.1) is 0 Å². The molecule has 0 aliphatic rings. The van der Waals surface area contributed by atoms with E-state index in [4.69, 9.17) is 5.11 Å². The summed E-state index contributed by atoms with van der Waals surface area (Å²) in [6.45, 7) is 1.70. The fourth-order valence-corrected chi connectivity index (χ4v) is 3.51. The Bertz CT molecular complexity index is 782. The fourth-order valence-electron chi connectivity index (χ4n) is 2.08. The van der Waals surface area contributed by atoms with E-state index in [-0.39, 0.29) is 29.5 Å². The molecule has 0 spiro atoms. The van der Waals surface area contributed by atoms with Crippen molar-refractivity contribution in [1.29, 1.82) is 0 Å². The van der Waals surface area contributed by atoms with Crippen molar-refractivity contribution >= 4 is 15.7 Å². The maximum atomic E-state index is 12.9. The first-order chi connectivity index (χ1) is 11.0. The molecule has 0 aliphatic carbocycles. The van der Waals surface area contributed by atoms with E-state index in [0.717, 1.165) is 9.87 Å². The van der Waals surface area contributed by atoms with Crippen LogP contribution in [-0.2, 0) is 10.0 Å². The molecule has 6 heteroatoms. The van der Waals surface area contributed by atoms with Crippen molar-refractivity contribution < 1.29 is 18.6 Å². The molecule has 0 atom stereocenters. The minimum atomic E-state index is -3.83. The van der Waals surface area contributed by atoms with E-state index in [1.54, 1.807) is 24.3 Å². The zero-order chi connectivity index (χ0) is 16.9. The highest BCUT2D eigenvalue weighted by molar-refractivity contribution is 7.92. The molecule has 0 saturated heterocycles. The average Bonchev–Trinajstić information content (AvgIpc) is 2.53. The van der Waals surface area contributed by atoms with Crippen LogP contribution >= 0.6 is 0 Å². The van der Waals surface area contributed by atoms with Gasteiger partial charge in [0.1, 0.15) is 5.75 Å². The summed E-state index contributed by atoms with van der Waals surface area (Å²) in [5.41, 5.74) is 1.15. The first kappa shape index (κ1) is 17.1.